The molecule has 2 N–H and O–H groups in total. The number of carbonyl (C=O) groups excluding carboxylic acids is 1. The maximum Gasteiger partial charge on any atom is 0.389 e. The third-order valence-corrected chi connectivity index (χ3v) is 6.00. The van der Waals surface area contributed by atoms with Crippen LogP contribution in [-0.2, 0) is 13.0 Å². The second kappa shape index (κ2) is 10.8. The molecule has 1 atom stereocenters. The molecule has 0 bridgehead atoms. The van der Waals surface area contributed by atoms with Crippen molar-refractivity contribution in [2.24, 2.45) is 0 Å². The fraction of sp³-hybridized carbons (Fsp3) is 0.480. The summed E-state index contributed by atoms with van der Waals surface area (Å²) in [5.41, 5.74) is 5.27. The predicted octanol–water partition coefficient (Wildman–Crippen LogP) is 5.98. The van der Waals surface area contributed by atoms with E-state index in [1.807, 2.05) is 37.3 Å². The largest absolute Gasteiger partial charge is 0.495 e. The van der Waals surface area contributed by atoms with Gasteiger partial charge in [0.15, 0.2) is 0 Å². The van der Waals surface area contributed by atoms with Gasteiger partial charge in [0, 0.05) is 32.1 Å². The van der Waals surface area contributed by atoms with Crippen molar-refractivity contribution in [2.75, 3.05) is 25.5 Å². The number of carbonyl (C=O) groups is 1. The van der Waals surface area contributed by atoms with E-state index in [1.165, 1.54) is 5.56 Å². The predicted molar refractivity (Wildman–Crippen MR) is 125 cm³/mol. The van der Waals surface area contributed by atoms with Crippen molar-refractivity contribution in [3.8, 4) is 16.9 Å². The van der Waals surface area contributed by atoms with E-state index in [-0.39, 0.29) is 12.5 Å². The lowest BCUT2D eigenvalue weighted by Gasteiger charge is -2.25. The van der Waals surface area contributed by atoms with Crippen LogP contribution in [0.15, 0.2) is 36.4 Å². The Hall–Kier alpha value is -2.90. The first-order valence-electron chi connectivity index (χ1n) is 11.4. The van der Waals surface area contributed by atoms with Gasteiger partial charge in [-0.15, -0.1) is 0 Å². The van der Waals surface area contributed by atoms with Gasteiger partial charge in [-0.3, -0.25) is 0 Å². The van der Waals surface area contributed by atoms with Crippen LogP contribution in [0.2, 0.25) is 0 Å². The van der Waals surface area contributed by atoms with E-state index in [0.29, 0.717) is 19.5 Å². The van der Waals surface area contributed by atoms with E-state index in [0.717, 1.165) is 41.1 Å². The number of hydrogen-bond acceptors (Lipinski definition) is 3. The van der Waals surface area contributed by atoms with E-state index in [4.69, 9.17) is 4.74 Å². The third kappa shape index (κ3) is 6.55. The molecule has 0 aromatic heterocycles. The SMILES string of the molecule is CCC(CCC(F)(F)F)NC(=O)N(CC)Cc1cccc(-c2cc3c(c(OC)c2)NCC3)c1. The Labute approximate surface area is 193 Å². The molecule has 0 fully saturated rings. The van der Waals surface area contributed by atoms with Crippen molar-refractivity contribution in [2.45, 2.75) is 58.3 Å². The fourth-order valence-electron chi connectivity index (χ4n) is 4.10. The minimum Gasteiger partial charge on any atom is -0.495 e. The van der Waals surface area contributed by atoms with E-state index in [1.54, 1.807) is 18.9 Å². The van der Waals surface area contributed by atoms with Crippen molar-refractivity contribution in [3.63, 3.8) is 0 Å². The number of nitrogens with one attached hydrogen (secondary N) is 2. The Morgan fingerprint density at radius 1 is 1.21 bits per heavy atom. The van der Waals surface area contributed by atoms with Crippen LogP contribution < -0.4 is 15.4 Å². The lowest BCUT2D eigenvalue weighted by atomic mass is 9.99. The van der Waals surface area contributed by atoms with Crippen LogP contribution in [0.5, 0.6) is 5.75 Å². The Balaban J connectivity index is 1.71. The number of urea groups is 1. The van der Waals surface area contributed by atoms with Gasteiger partial charge in [0.1, 0.15) is 5.75 Å². The Morgan fingerprint density at radius 2 is 2.00 bits per heavy atom. The summed E-state index contributed by atoms with van der Waals surface area (Å²) in [7, 11) is 1.66. The minimum absolute atomic E-state index is 0.117. The van der Waals surface area contributed by atoms with Gasteiger partial charge in [-0.25, -0.2) is 4.79 Å². The number of alkyl halides is 3. The van der Waals surface area contributed by atoms with Crippen molar-refractivity contribution in [1.82, 2.24) is 10.2 Å². The average Bonchev–Trinajstić information content (AvgIpc) is 3.27. The van der Waals surface area contributed by atoms with Gasteiger partial charge < -0.3 is 20.3 Å². The molecule has 33 heavy (non-hydrogen) atoms. The van der Waals surface area contributed by atoms with Gasteiger partial charge in [0.2, 0.25) is 0 Å². The second-order valence-electron chi connectivity index (χ2n) is 8.31. The maximum atomic E-state index is 12.7. The topological polar surface area (TPSA) is 53.6 Å². The molecule has 1 heterocycles. The van der Waals surface area contributed by atoms with Gasteiger partial charge in [-0.05, 0) is 66.6 Å². The average molecular weight is 464 g/mol. The van der Waals surface area contributed by atoms with Crippen LogP contribution in [0, 0.1) is 0 Å². The summed E-state index contributed by atoms with van der Waals surface area (Å²) in [5.74, 6) is 0.810. The number of rotatable bonds is 9. The van der Waals surface area contributed by atoms with E-state index in [9.17, 15) is 18.0 Å². The van der Waals surface area contributed by atoms with Gasteiger partial charge in [0.25, 0.3) is 0 Å². The molecule has 2 aromatic rings. The van der Waals surface area contributed by atoms with Crippen LogP contribution >= 0.6 is 0 Å². The number of benzene rings is 2. The molecule has 0 spiro atoms. The zero-order valence-corrected chi connectivity index (χ0v) is 19.4. The van der Waals surface area contributed by atoms with E-state index in [2.05, 4.69) is 16.7 Å². The quantitative estimate of drug-likeness (QED) is 0.481. The molecule has 3 rings (SSSR count). The lowest BCUT2D eigenvalue weighted by Crippen LogP contribution is -2.44. The number of hydrogen-bond donors (Lipinski definition) is 2. The summed E-state index contributed by atoms with van der Waals surface area (Å²) >= 11 is 0. The molecule has 1 aliphatic rings. The van der Waals surface area contributed by atoms with Gasteiger partial charge in [0.05, 0.1) is 12.8 Å². The van der Waals surface area contributed by atoms with Gasteiger partial charge in [-0.1, -0.05) is 25.1 Å². The number of nitrogens with zero attached hydrogens (tertiary/aromatic N) is 1. The molecule has 8 heteroatoms. The standard InChI is InChI=1S/C25H32F3N3O2/c1-4-21(9-11-25(26,27)28)30-24(32)31(5-2)16-17-7-6-8-18(13-17)20-14-19-10-12-29-23(19)22(15-20)33-3/h6-8,13-15,21,29H,4-5,9-12,16H2,1-3H3,(H,30,32). The highest BCUT2D eigenvalue weighted by Gasteiger charge is 2.28. The fourth-order valence-corrected chi connectivity index (χ4v) is 4.10. The molecule has 0 saturated carbocycles. The number of halogens is 3. The van der Waals surface area contributed by atoms with E-state index < -0.39 is 18.6 Å². The summed E-state index contributed by atoms with van der Waals surface area (Å²) in [5, 5.41) is 6.12. The van der Waals surface area contributed by atoms with E-state index >= 15 is 0 Å². The number of amides is 2. The van der Waals surface area contributed by atoms with Gasteiger partial charge in [-0.2, -0.15) is 13.2 Å². The molecule has 1 unspecified atom stereocenters. The van der Waals surface area contributed by atoms with Crippen LogP contribution in [0.3, 0.4) is 0 Å². The Bertz CT molecular complexity index is 962. The number of ether oxygens (including phenoxy) is 1. The van der Waals surface area contributed by atoms with Crippen LogP contribution in [0.1, 0.15) is 44.2 Å². The monoisotopic (exact) mass is 463 g/mol. The number of anilines is 1. The molecule has 180 valence electrons. The summed E-state index contributed by atoms with van der Waals surface area (Å²) in [4.78, 5) is 14.4. The summed E-state index contributed by atoms with van der Waals surface area (Å²) in [6, 6.07) is 11.3. The van der Waals surface area contributed by atoms with Crippen LogP contribution in [0.25, 0.3) is 11.1 Å². The zero-order valence-electron chi connectivity index (χ0n) is 19.4. The molecule has 0 aliphatic carbocycles. The number of methoxy groups -OCH3 is 1. The van der Waals surface area contributed by atoms with Crippen molar-refractivity contribution in [3.05, 3.63) is 47.5 Å². The summed E-state index contributed by atoms with van der Waals surface area (Å²) < 4.78 is 43.3. The molecule has 5 nitrogen and oxygen atoms in total. The smallest absolute Gasteiger partial charge is 0.389 e. The van der Waals surface area contributed by atoms with Crippen molar-refractivity contribution >= 4 is 11.7 Å². The summed E-state index contributed by atoms with van der Waals surface area (Å²) in [6.45, 7) is 5.34. The highest BCUT2D eigenvalue weighted by atomic mass is 19.4. The normalized spacial score (nSPS) is 13.8. The first-order chi connectivity index (χ1) is 15.7. The van der Waals surface area contributed by atoms with Crippen LogP contribution in [0.4, 0.5) is 23.7 Å². The molecule has 0 saturated heterocycles. The number of fused-ring (bicyclic) bond motifs is 1. The summed E-state index contributed by atoms with van der Waals surface area (Å²) in [6.07, 6.45) is -3.85. The maximum absolute atomic E-state index is 12.7. The molecular formula is C25H32F3N3O2. The zero-order chi connectivity index (χ0) is 24.0. The highest BCUT2D eigenvalue weighted by molar-refractivity contribution is 5.76. The highest BCUT2D eigenvalue weighted by Crippen LogP contribution is 2.37. The first kappa shape index (κ1) is 24.7. The Kier molecular flexibility index (Phi) is 8.10. The molecule has 2 aromatic carbocycles. The molecule has 2 amide bonds. The molecule has 1 aliphatic heterocycles. The lowest BCUT2D eigenvalue weighted by molar-refractivity contribution is -0.136. The van der Waals surface area contributed by atoms with Crippen molar-refractivity contribution in [1.29, 1.82) is 0 Å². The second-order valence-corrected chi connectivity index (χ2v) is 8.31. The molecular weight excluding hydrogens is 431 g/mol. The van der Waals surface area contributed by atoms with Gasteiger partial charge >= 0.3 is 12.2 Å². The van der Waals surface area contributed by atoms with Crippen LogP contribution in [-0.4, -0.2) is 43.3 Å². The first-order valence-corrected chi connectivity index (χ1v) is 11.4. The Morgan fingerprint density at radius 3 is 2.67 bits per heavy atom. The minimum atomic E-state index is -4.22. The van der Waals surface area contributed by atoms with Crippen molar-refractivity contribution < 1.29 is 22.7 Å². The third-order valence-electron chi connectivity index (χ3n) is 6.00. The molecule has 0 radical (unpaired) electrons.